The molecule has 0 atom stereocenters. The van der Waals surface area contributed by atoms with E-state index in [0.29, 0.717) is 21.5 Å². The van der Waals surface area contributed by atoms with Crippen molar-refractivity contribution in [1.29, 1.82) is 0 Å². The number of hydrogen-bond donors (Lipinski definition) is 3. The molecule has 0 spiro atoms. The maximum Gasteiger partial charge on any atom is 0.295 e. The first-order valence-corrected chi connectivity index (χ1v) is 14.6. The topological polar surface area (TPSA) is 156 Å². The molecule has 0 bridgehead atoms. The van der Waals surface area contributed by atoms with Gasteiger partial charge in [-0.05, 0) is 67.9 Å². The quantitative estimate of drug-likeness (QED) is 0.108. The van der Waals surface area contributed by atoms with Crippen LogP contribution in [0.1, 0.15) is 16.7 Å². The minimum Gasteiger partial charge on any atom is -0.494 e. The van der Waals surface area contributed by atoms with Gasteiger partial charge in [0.2, 0.25) is 5.88 Å². The predicted octanol–water partition coefficient (Wildman–Crippen LogP) is 6.12. The van der Waals surface area contributed by atoms with Crippen molar-refractivity contribution in [3.8, 4) is 11.6 Å². The highest BCUT2D eigenvalue weighted by molar-refractivity contribution is 7.92. The Morgan fingerprint density at radius 1 is 0.977 bits per heavy atom. The van der Waals surface area contributed by atoms with Crippen LogP contribution in [0.4, 0.5) is 17.1 Å². The van der Waals surface area contributed by atoms with Crippen LogP contribution in [0.25, 0.3) is 16.5 Å². The van der Waals surface area contributed by atoms with Gasteiger partial charge >= 0.3 is 0 Å². The number of nitrogens with one attached hydrogen (secondary N) is 2. The van der Waals surface area contributed by atoms with E-state index < -0.39 is 26.2 Å². The number of aromatic nitrogens is 1. The lowest BCUT2D eigenvalue weighted by Crippen LogP contribution is -2.21. The van der Waals surface area contributed by atoms with Crippen molar-refractivity contribution in [2.75, 3.05) is 10.1 Å². The fourth-order valence-electron chi connectivity index (χ4n) is 4.59. The number of nitro benzene ring substituents is 1. The average Bonchev–Trinajstić information content (AvgIpc) is 2.97. The average molecular weight is 618 g/mol. The molecular weight excluding hydrogens is 594 g/mol. The van der Waals surface area contributed by atoms with Gasteiger partial charge in [0.25, 0.3) is 21.3 Å². The molecule has 1 aromatic heterocycles. The molecule has 43 heavy (non-hydrogen) atoms. The van der Waals surface area contributed by atoms with Crippen LogP contribution in [0.15, 0.2) is 99.7 Å². The van der Waals surface area contributed by atoms with Crippen LogP contribution in [0, 0.1) is 24.0 Å². The fraction of sp³-hybridized carbons (Fsp3) is 0.0667. The molecule has 5 aromatic rings. The van der Waals surface area contributed by atoms with Gasteiger partial charge in [-0.3, -0.25) is 25.1 Å². The number of nitro groups is 1. The Labute approximate surface area is 250 Å². The molecule has 0 fully saturated rings. The summed E-state index contributed by atoms with van der Waals surface area (Å²) in [6, 6.07) is 21.4. The van der Waals surface area contributed by atoms with Crippen molar-refractivity contribution in [2.45, 2.75) is 18.7 Å². The molecule has 0 saturated carbocycles. The Kier molecular flexibility index (Phi) is 7.89. The lowest BCUT2D eigenvalue weighted by atomic mass is 10.1. The number of sulfonamides is 1. The van der Waals surface area contributed by atoms with E-state index >= 15 is 0 Å². The summed E-state index contributed by atoms with van der Waals surface area (Å²) < 4.78 is 29.3. The molecule has 5 rings (SSSR count). The van der Waals surface area contributed by atoms with E-state index in [9.17, 15) is 28.4 Å². The second-order valence-corrected chi connectivity index (χ2v) is 11.8. The number of hydrogen-bond acceptors (Lipinski definition) is 8. The van der Waals surface area contributed by atoms with Gasteiger partial charge in [-0.15, -0.1) is 0 Å². The van der Waals surface area contributed by atoms with Gasteiger partial charge in [0.1, 0.15) is 5.69 Å². The van der Waals surface area contributed by atoms with Crippen LogP contribution in [0.5, 0.6) is 5.88 Å². The SMILES string of the molecule is Cc1ccc(-n2c(O)c(/C=N/Nc3ccc(S(=O)(=O)Nc4ccc(Cl)cc4)cc3[N+](=O)[O-])c3ccccc3c2=O)c(C)c1. The second kappa shape index (κ2) is 11.6. The zero-order valence-electron chi connectivity index (χ0n) is 22.8. The van der Waals surface area contributed by atoms with Crippen LogP contribution in [-0.2, 0) is 10.0 Å². The number of nitrogens with zero attached hydrogens (tertiary/aromatic N) is 3. The summed E-state index contributed by atoms with van der Waals surface area (Å²) in [5, 5.41) is 28.4. The number of aromatic hydroxyl groups is 1. The van der Waals surface area contributed by atoms with E-state index in [1.165, 1.54) is 47.2 Å². The number of pyridine rings is 1. The van der Waals surface area contributed by atoms with Crippen LogP contribution in [0.3, 0.4) is 0 Å². The minimum absolute atomic E-state index is 0.0989. The summed E-state index contributed by atoms with van der Waals surface area (Å²) in [6.07, 6.45) is 1.24. The largest absolute Gasteiger partial charge is 0.494 e. The molecule has 1 heterocycles. The van der Waals surface area contributed by atoms with Gasteiger partial charge in [0, 0.05) is 27.5 Å². The van der Waals surface area contributed by atoms with Gasteiger partial charge in [0.05, 0.1) is 27.3 Å². The summed E-state index contributed by atoms with van der Waals surface area (Å²) in [6.45, 7) is 3.74. The number of rotatable bonds is 8. The second-order valence-electron chi connectivity index (χ2n) is 9.63. The highest BCUT2D eigenvalue weighted by atomic mass is 35.5. The normalized spacial score (nSPS) is 11.6. The molecule has 0 aliphatic rings. The smallest absolute Gasteiger partial charge is 0.295 e. The number of fused-ring (bicyclic) bond motifs is 1. The molecule has 0 aliphatic carbocycles. The first kappa shape index (κ1) is 29.3. The number of hydrazone groups is 1. The number of benzene rings is 4. The number of anilines is 2. The molecule has 0 unspecified atom stereocenters. The molecular formula is C30H24ClN5O6S. The van der Waals surface area contributed by atoms with E-state index in [1.807, 2.05) is 26.0 Å². The Bertz CT molecular complexity index is 2090. The van der Waals surface area contributed by atoms with Gasteiger partial charge < -0.3 is 5.11 Å². The zero-order chi connectivity index (χ0) is 30.9. The van der Waals surface area contributed by atoms with Crippen LogP contribution >= 0.6 is 11.6 Å². The molecule has 3 N–H and O–H groups in total. The van der Waals surface area contributed by atoms with E-state index in [0.717, 1.165) is 17.2 Å². The minimum atomic E-state index is -4.16. The third kappa shape index (κ3) is 5.92. The third-order valence-electron chi connectivity index (χ3n) is 6.65. The zero-order valence-corrected chi connectivity index (χ0v) is 24.3. The molecule has 218 valence electrons. The highest BCUT2D eigenvalue weighted by Gasteiger charge is 2.22. The highest BCUT2D eigenvalue weighted by Crippen LogP contribution is 2.30. The van der Waals surface area contributed by atoms with Gasteiger partial charge in [-0.25, -0.2) is 13.0 Å². The standard InChI is InChI=1S/C30H24ClN5O6S/c1-18-7-14-27(19(2)15-18)35-29(37)24-6-4-3-5-23(24)25(30(35)38)17-32-33-26-13-12-22(16-28(26)36(39)40)43(41,42)34-21-10-8-20(31)9-11-21/h3-17,33-34,38H,1-2H3/b32-17+. The molecule has 0 aliphatic heterocycles. The van der Waals surface area contributed by atoms with Gasteiger partial charge in [-0.2, -0.15) is 5.10 Å². The number of aryl methyl sites for hydroxylation is 2. The molecule has 0 amide bonds. The molecule has 0 radical (unpaired) electrons. The maximum atomic E-state index is 13.4. The van der Waals surface area contributed by atoms with E-state index in [-0.39, 0.29) is 27.7 Å². The Morgan fingerprint density at radius 2 is 1.67 bits per heavy atom. The third-order valence-corrected chi connectivity index (χ3v) is 8.28. The number of halogens is 1. The van der Waals surface area contributed by atoms with Crippen molar-refractivity contribution in [2.24, 2.45) is 5.10 Å². The summed E-state index contributed by atoms with van der Waals surface area (Å²) in [5.41, 5.74) is 4.15. The molecule has 0 saturated heterocycles. The first-order valence-electron chi connectivity index (χ1n) is 12.8. The summed E-state index contributed by atoms with van der Waals surface area (Å²) in [7, 11) is -4.16. The van der Waals surface area contributed by atoms with Crippen molar-refractivity contribution in [3.05, 3.63) is 127 Å². The molecule has 13 heteroatoms. The van der Waals surface area contributed by atoms with Crippen LogP contribution < -0.4 is 15.7 Å². The van der Waals surface area contributed by atoms with E-state index in [2.05, 4.69) is 15.2 Å². The van der Waals surface area contributed by atoms with E-state index in [1.54, 1.807) is 30.3 Å². The molecule has 4 aromatic carbocycles. The summed E-state index contributed by atoms with van der Waals surface area (Å²) in [5.74, 6) is -0.370. The van der Waals surface area contributed by atoms with Gasteiger partial charge in [0.15, 0.2) is 0 Å². The maximum absolute atomic E-state index is 13.4. The van der Waals surface area contributed by atoms with Crippen LogP contribution in [0.2, 0.25) is 5.02 Å². The Balaban J connectivity index is 1.52. The Morgan fingerprint density at radius 3 is 2.35 bits per heavy atom. The van der Waals surface area contributed by atoms with Crippen molar-refractivity contribution >= 4 is 55.7 Å². The Hall–Kier alpha value is -5.20. The monoisotopic (exact) mass is 617 g/mol. The van der Waals surface area contributed by atoms with Crippen molar-refractivity contribution < 1.29 is 18.4 Å². The summed E-state index contributed by atoms with van der Waals surface area (Å²) >= 11 is 5.85. The summed E-state index contributed by atoms with van der Waals surface area (Å²) in [4.78, 5) is 24.2. The van der Waals surface area contributed by atoms with Gasteiger partial charge in [-0.1, -0.05) is 47.5 Å². The first-order chi connectivity index (χ1) is 20.5. The lowest BCUT2D eigenvalue weighted by Gasteiger charge is -2.16. The van der Waals surface area contributed by atoms with Crippen molar-refractivity contribution in [1.82, 2.24) is 4.57 Å². The fourth-order valence-corrected chi connectivity index (χ4v) is 5.80. The van der Waals surface area contributed by atoms with Crippen LogP contribution in [-0.4, -0.2) is 29.2 Å². The predicted molar refractivity (Wildman–Crippen MR) is 167 cm³/mol. The van der Waals surface area contributed by atoms with Crippen molar-refractivity contribution in [3.63, 3.8) is 0 Å². The van der Waals surface area contributed by atoms with E-state index in [4.69, 9.17) is 11.6 Å². The lowest BCUT2D eigenvalue weighted by molar-refractivity contribution is -0.384. The molecule has 11 nitrogen and oxygen atoms in total.